The van der Waals surface area contributed by atoms with Gasteiger partial charge in [-0.2, -0.15) is 0 Å². The van der Waals surface area contributed by atoms with E-state index in [1.807, 2.05) is 0 Å². The van der Waals surface area contributed by atoms with Crippen LogP contribution in [-0.2, 0) is 9.59 Å². The first-order chi connectivity index (χ1) is 9.49. The molecule has 20 heavy (non-hydrogen) atoms. The monoisotopic (exact) mass is 335 g/mol. The molecule has 4 amide bonds. The molecule has 0 spiro atoms. The Morgan fingerprint density at radius 2 is 1.95 bits per heavy atom. The summed E-state index contributed by atoms with van der Waals surface area (Å²) in [5.41, 5.74) is 0.372. The maximum absolute atomic E-state index is 12.3. The zero-order chi connectivity index (χ0) is 14.4. The highest BCUT2D eigenvalue weighted by Crippen LogP contribution is 2.28. The van der Waals surface area contributed by atoms with E-state index in [0.29, 0.717) is 4.47 Å². The summed E-state index contributed by atoms with van der Waals surface area (Å²) in [6.45, 7) is 0. The molecule has 2 heterocycles. The highest BCUT2D eigenvalue weighted by atomic mass is 79.9. The van der Waals surface area contributed by atoms with Crippen molar-refractivity contribution in [3.8, 4) is 0 Å². The number of piperidine rings is 1. The lowest BCUT2D eigenvalue weighted by Gasteiger charge is -2.27. The molecule has 1 aromatic rings. The van der Waals surface area contributed by atoms with Crippen molar-refractivity contribution in [3.05, 3.63) is 33.8 Å². The number of carbonyl (C=O) groups excluding carboxylic acids is 4. The van der Waals surface area contributed by atoms with Gasteiger partial charge in [0.1, 0.15) is 6.04 Å². The van der Waals surface area contributed by atoms with E-state index in [-0.39, 0.29) is 24.0 Å². The number of hydrogen-bond acceptors (Lipinski definition) is 4. The Labute approximate surface area is 122 Å². The number of imide groups is 2. The van der Waals surface area contributed by atoms with E-state index in [1.54, 1.807) is 6.07 Å². The lowest BCUT2D eigenvalue weighted by Crippen LogP contribution is -2.54. The van der Waals surface area contributed by atoms with Crippen molar-refractivity contribution in [2.75, 3.05) is 0 Å². The number of benzene rings is 1. The molecular weight excluding hydrogens is 328 g/mol. The van der Waals surface area contributed by atoms with Crippen molar-refractivity contribution in [3.63, 3.8) is 0 Å². The second kappa shape index (κ2) is 4.52. The van der Waals surface area contributed by atoms with Gasteiger partial charge in [-0.3, -0.25) is 29.4 Å². The smallest absolute Gasteiger partial charge is 0.262 e. The summed E-state index contributed by atoms with van der Waals surface area (Å²) in [5, 5.41) is 2.14. The average molecular weight is 336 g/mol. The Hall–Kier alpha value is -2.02. The number of hydrogen-bond donors (Lipinski definition) is 1. The minimum absolute atomic E-state index is 0.108. The largest absolute Gasteiger partial charge is 0.295 e. The summed E-state index contributed by atoms with van der Waals surface area (Å²) >= 11 is 3.19. The van der Waals surface area contributed by atoms with E-state index in [2.05, 4.69) is 27.3 Å². The number of nitrogens with one attached hydrogen (secondary N) is 1. The fourth-order valence-corrected chi connectivity index (χ4v) is 2.70. The minimum Gasteiger partial charge on any atom is -0.295 e. The van der Waals surface area contributed by atoms with Crippen molar-refractivity contribution >= 4 is 39.6 Å². The van der Waals surface area contributed by atoms with Gasteiger partial charge in [-0.25, -0.2) is 0 Å². The van der Waals surface area contributed by atoms with E-state index in [4.69, 9.17) is 0 Å². The molecule has 0 aliphatic carbocycles. The molecule has 6 nitrogen and oxygen atoms in total. The van der Waals surface area contributed by atoms with Crippen LogP contribution in [0.4, 0.5) is 0 Å². The van der Waals surface area contributed by atoms with Crippen LogP contribution in [0.15, 0.2) is 16.6 Å². The molecule has 0 aromatic heterocycles. The van der Waals surface area contributed by atoms with Crippen LogP contribution in [0, 0.1) is 6.07 Å². The summed E-state index contributed by atoms with van der Waals surface area (Å²) in [7, 11) is 0. The predicted molar refractivity (Wildman–Crippen MR) is 69.6 cm³/mol. The van der Waals surface area contributed by atoms with Crippen LogP contribution >= 0.6 is 15.9 Å². The molecule has 1 saturated heterocycles. The van der Waals surface area contributed by atoms with Gasteiger partial charge >= 0.3 is 0 Å². The first-order valence-electron chi connectivity index (χ1n) is 5.92. The Kier molecular flexibility index (Phi) is 2.93. The maximum atomic E-state index is 12.3. The topological polar surface area (TPSA) is 83.6 Å². The predicted octanol–water partition coefficient (Wildman–Crippen LogP) is 0.650. The van der Waals surface area contributed by atoms with E-state index in [1.165, 1.54) is 6.07 Å². The van der Waals surface area contributed by atoms with Crippen LogP contribution in [0.2, 0.25) is 0 Å². The summed E-state index contributed by atoms with van der Waals surface area (Å²) in [6.07, 6.45) is 0.258. The third-order valence-electron chi connectivity index (χ3n) is 3.31. The van der Waals surface area contributed by atoms with E-state index < -0.39 is 29.7 Å². The number of fused-ring (bicyclic) bond motifs is 1. The van der Waals surface area contributed by atoms with Gasteiger partial charge in [0, 0.05) is 17.0 Å². The Morgan fingerprint density at radius 1 is 1.20 bits per heavy atom. The number of nitrogens with zero attached hydrogens (tertiary/aromatic N) is 1. The van der Waals surface area contributed by atoms with E-state index >= 15 is 0 Å². The van der Waals surface area contributed by atoms with Crippen LogP contribution in [0.1, 0.15) is 33.6 Å². The molecular formula is C13H8BrN2O4. The van der Waals surface area contributed by atoms with Gasteiger partial charge < -0.3 is 0 Å². The normalized spacial score (nSPS) is 22.1. The second-order valence-electron chi connectivity index (χ2n) is 4.54. The van der Waals surface area contributed by atoms with E-state index in [9.17, 15) is 19.2 Å². The molecule has 2 aliphatic rings. The number of rotatable bonds is 1. The molecule has 1 fully saturated rings. The fourth-order valence-electron chi connectivity index (χ4n) is 2.37. The van der Waals surface area contributed by atoms with Crippen molar-refractivity contribution in [1.82, 2.24) is 10.2 Å². The van der Waals surface area contributed by atoms with Gasteiger partial charge in [-0.05, 0) is 18.6 Å². The number of carbonyl (C=O) groups is 4. The molecule has 1 radical (unpaired) electrons. The maximum Gasteiger partial charge on any atom is 0.262 e. The lowest BCUT2D eigenvalue weighted by molar-refractivity contribution is -0.136. The SMILES string of the molecule is O=C1CCC(N2C(=O)c3[c]c(Br)ccc3C2=O)C(=O)N1. The van der Waals surface area contributed by atoms with Crippen molar-refractivity contribution < 1.29 is 19.2 Å². The molecule has 2 aliphatic heterocycles. The highest BCUT2D eigenvalue weighted by Gasteiger charge is 2.44. The van der Waals surface area contributed by atoms with Gasteiger partial charge in [0.15, 0.2) is 0 Å². The van der Waals surface area contributed by atoms with Gasteiger partial charge in [-0.15, -0.1) is 0 Å². The van der Waals surface area contributed by atoms with Gasteiger partial charge in [0.2, 0.25) is 11.8 Å². The molecule has 1 N–H and O–H groups in total. The third kappa shape index (κ3) is 1.85. The van der Waals surface area contributed by atoms with Crippen LogP contribution < -0.4 is 5.32 Å². The lowest BCUT2D eigenvalue weighted by atomic mass is 10.0. The van der Waals surface area contributed by atoms with Crippen LogP contribution in [-0.4, -0.2) is 34.6 Å². The summed E-state index contributed by atoms with van der Waals surface area (Å²) in [6, 6.07) is 4.95. The Balaban J connectivity index is 1.97. The van der Waals surface area contributed by atoms with Crippen molar-refractivity contribution in [2.24, 2.45) is 0 Å². The summed E-state index contributed by atoms with van der Waals surface area (Å²) < 4.78 is 0.558. The minimum atomic E-state index is -0.938. The molecule has 7 heteroatoms. The zero-order valence-electron chi connectivity index (χ0n) is 10.1. The highest BCUT2D eigenvalue weighted by molar-refractivity contribution is 9.10. The van der Waals surface area contributed by atoms with Gasteiger partial charge in [-0.1, -0.05) is 15.9 Å². The molecule has 0 bridgehead atoms. The zero-order valence-corrected chi connectivity index (χ0v) is 11.7. The summed E-state index contributed by atoms with van der Waals surface area (Å²) in [5.74, 6) is -2.09. The van der Waals surface area contributed by atoms with Crippen LogP contribution in [0.25, 0.3) is 0 Å². The molecule has 0 saturated carbocycles. The van der Waals surface area contributed by atoms with Crippen LogP contribution in [0.3, 0.4) is 0 Å². The second-order valence-corrected chi connectivity index (χ2v) is 5.40. The summed E-state index contributed by atoms with van der Waals surface area (Å²) in [4.78, 5) is 48.4. The van der Waals surface area contributed by atoms with Crippen molar-refractivity contribution in [2.45, 2.75) is 18.9 Å². The molecule has 1 atom stereocenters. The van der Waals surface area contributed by atoms with Crippen LogP contribution in [0.5, 0.6) is 0 Å². The quantitative estimate of drug-likeness (QED) is 0.764. The molecule has 1 unspecified atom stereocenters. The molecule has 3 rings (SSSR count). The Morgan fingerprint density at radius 3 is 2.65 bits per heavy atom. The Bertz CT molecular complexity index is 670. The standard InChI is InChI=1S/C13H8BrN2O4/c14-6-1-2-7-8(5-6)13(20)16(12(7)19)9-3-4-10(17)15-11(9)18/h1-2,9H,3-4H2,(H,15,17,18). The van der Waals surface area contributed by atoms with E-state index in [0.717, 1.165) is 4.90 Å². The third-order valence-corrected chi connectivity index (χ3v) is 3.78. The first-order valence-corrected chi connectivity index (χ1v) is 6.72. The molecule has 1 aromatic carbocycles. The molecule has 101 valence electrons. The first kappa shape index (κ1) is 13.0. The number of amides is 4. The fraction of sp³-hybridized carbons (Fsp3) is 0.231. The van der Waals surface area contributed by atoms with Gasteiger partial charge in [0.05, 0.1) is 11.1 Å². The average Bonchev–Trinajstić information content (AvgIpc) is 2.63. The van der Waals surface area contributed by atoms with Crippen molar-refractivity contribution in [1.29, 1.82) is 0 Å². The number of halogens is 1. The van der Waals surface area contributed by atoms with Gasteiger partial charge in [0.25, 0.3) is 11.8 Å².